The fraction of sp³-hybridized carbons (Fsp3) is 0.565. The molecule has 0 aromatic heterocycles. The van der Waals surface area contributed by atoms with Crippen molar-refractivity contribution in [1.82, 2.24) is 0 Å². The molecule has 0 radical (unpaired) electrons. The summed E-state index contributed by atoms with van der Waals surface area (Å²) in [5.41, 5.74) is 0. The number of rotatable bonds is 8. The predicted octanol–water partition coefficient (Wildman–Crippen LogP) is 4.34. The number of piperidine rings is 1. The van der Waals surface area contributed by atoms with Gasteiger partial charge in [0.05, 0.1) is 26.2 Å². The first-order valence-corrected chi connectivity index (χ1v) is 10.2. The number of hydrogen-bond acceptors (Lipinski definition) is 1. The van der Waals surface area contributed by atoms with E-state index in [9.17, 15) is 0 Å². The van der Waals surface area contributed by atoms with Crippen LogP contribution >= 0.6 is 0 Å². The van der Waals surface area contributed by atoms with Crippen molar-refractivity contribution >= 4 is 10.8 Å². The van der Waals surface area contributed by atoms with Gasteiger partial charge in [-0.25, -0.2) is 0 Å². The molecule has 1 fully saturated rings. The second-order valence-corrected chi connectivity index (χ2v) is 8.09. The molecule has 136 valence electrons. The first kappa shape index (κ1) is 18.3. The van der Waals surface area contributed by atoms with Gasteiger partial charge in [-0.05, 0) is 43.6 Å². The molecule has 1 N–H and O–H groups in total. The van der Waals surface area contributed by atoms with E-state index in [-0.39, 0.29) is 0 Å². The Kier molecular flexibility index (Phi) is 6.75. The molecule has 1 saturated heterocycles. The van der Waals surface area contributed by atoms with Crippen LogP contribution in [0.3, 0.4) is 0 Å². The highest BCUT2D eigenvalue weighted by atomic mass is 16.5. The summed E-state index contributed by atoms with van der Waals surface area (Å²) >= 11 is 0. The fourth-order valence-electron chi connectivity index (χ4n) is 4.46. The third-order valence-corrected chi connectivity index (χ3v) is 5.51. The third kappa shape index (κ3) is 5.47. The van der Waals surface area contributed by atoms with E-state index in [4.69, 9.17) is 4.74 Å². The minimum absolute atomic E-state index is 0.832. The van der Waals surface area contributed by atoms with Gasteiger partial charge in [-0.3, -0.25) is 0 Å². The van der Waals surface area contributed by atoms with Crippen LogP contribution in [0, 0.1) is 11.8 Å². The maximum absolute atomic E-state index is 6.04. The lowest BCUT2D eigenvalue weighted by atomic mass is 9.92. The lowest BCUT2D eigenvalue weighted by Gasteiger charge is -2.32. The van der Waals surface area contributed by atoms with Crippen LogP contribution in [0.5, 0.6) is 5.75 Å². The summed E-state index contributed by atoms with van der Waals surface area (Å²) in [6, 6.07) is 14.8. The topological polar surface area (TPSA) is 13.7 Å². The Bertz CT molecular complexity index is 638. The van der Waals surface area contributed by atoms with Gasteiger partial charge in [-0.1, -0.05) is 50.2 Å². The Labute approximate surface area is 153 Å². The largest absolute Gasteiger partial charge is 0.493 e. The quantitative estimate of drug-likeness (QED) is 0.706. The Morgan fingerprint density at radius 3 is 2.44 bits per heavy atom. The number of ether oxygens (including phenoxy) is 1. The Balaban J connectivity index is 1.31. The number of fused-ring (bicyclic) bond motifs is 1. The van der Waals surface area contributed by atoms with Gasteiger partial charge in [-0.2, -0.15) is 0 Å². The number of hydrogen-bond donors (Lipinski definition) is 1. The number of likely N-dealkylation sites (tertiary alicyclic amines) is 1. The molecule has 2 aromatic carbocycles. The van der Waals surface area contributed by atoms with E-state index in [1.165, 1.54) is 56.1 Å². The number of nitrogens with one attached hydrogen (secondary N) is 1. The van der Waals surface area contributed by atoms with Crippen LogP contribution < -0.4 is 9.64 Å². The third-order valence-electron chi connectivity index (χ3n) is 5.51. The summed E-state index contributed by atoms with van der Waals surface area (Å²) in [7, 11) is 0. The molecule has 25 heavy (non-hydrogen) atoms. The van der Waals surface area contributed by atoms with Gasteiger partial charge in [0.15, 0.2) is 0 Å². The molecule has 0 spiro atoms. The Hall–Kier alpha value is -1.54. The zero-order valence-corrected chi connectivity index (χ0v) is 16.0. The van der Waals surface area contributed by atoms with Crippen molar-refractivity contribution in [3.8, 4) is 5.75 Å². The van der Waals surface area contributed by atoms with E-state index in [1.54, 1.807) is 0 Å². The average Bonchev–Trinajstić information content (AvgIpc) is 2.60. The van der Waals surface area contributed by atoms with Gasteiger partial charge >= 0.3 is 0 Å². The second kappa shape index (κ2) is 9.24. The monoisotopic (exact) mass is 340 g/mol. The van der Waals surface area contributed by atoms with Crippen LogP contribution in [-0.4, -0.2) is 26.2 Å². The van der Waals surface area contributed by atoms with Gasteiger partial charge < -0.3 is 9.64 Å². The number of benzene rings is 2. The molecule has 1 heterocycles. The smallest absolute Gasteiger partial charge is 0.127 e. The van der Waals surface area contributed by atoms with Gasteiger partial charge in [-0.15, -0.1) is 0 Å². The summed E-state index contributed by atoms with van der Waals surface area (Å²) < 4.78 is 6.04. The van der Waals surface area contributed by atoms with E-state index in [2.05, 4.69) is 56.3 Å². The summed E-state index contributed by atoms with van der Waals surface area (Å²) in [5, 5.41) is 2.48. The first-order valence-electron chi connectivity index (χ1n) is 10.2. The van der Waals surface area contributed by atoms with E-state index < -0.39 is 0 Å². The Morgan fingerprint density at radius 2 is 1.60 bits per heavy atom. The molecule has 1 aliphatic heterocycles. The van der Waals surface area contributed by atoms with E-state index in [1.807, 2.05) is 4.90 Å². The van der Waals surface area contributed by atoms with Gasteiger partial charge in [0.25, 0.3) is 0 Å². The van der Waals surface area contributed by atoms with Crippen molar-refractivity contribution in [3.63, 3.8) is 0 Å². The lowest BCUT2D eigenvalue weighted by Crippen LogP contribution is -3.14. The molecule has 2 aromatic rings. The number of unbranched alkanes of at least 4 members (excludes halogenated alkanes) is 3. The molecule has 0 aliphatic carbocycles. The van der Waals surface area contributed by atoms with Crippen LogP contribution in [-0.2, 0) is 0 Å². The van der Waals surface area contributed by atoms with Crippen molar-refractivity contribution in [2.24, 2.45) is 11.8 Å². The molecule has 2 nitrogen and oxygen atoms in total. The molecule has 0 saturated carbocycles. The predicted molar refractivity (Wildman–Crippen MR) is 106 cm³/mol. The molecule has 2 heteroatoms. The van der Waals surface area contributed by atoms with Gasteiger partial charge in [0, 0.05) is 17.2 Å². The van der Waals surface area contributed by atoms with Crippen molar-refractivity contribution in [2.45, 2.75) is 46.0 Å². The molecule has 2 atom stereocenters. The van der Waals surface area contributed by atoms with Crippen molar-refractivity contribution in [1.29, 1.82) is 0 Å². The van der Waals surface area contributed by atoms with Crippen LogP contribution in [0.4, 0.5) is 0 Å². The second-order valence-electron chi connectivity index (χ2n) is 8.09. The van der Waals surface area contributed by atoms with Crippen molar-refractivity contribution < 1.29 is 9.64 Å². The van der Waals surface area contributed by atoms with E-state index in [0.717, 1.165) is 30.6 Å². The molecule has 0 bridgehead atoms. The molecule has 3 rings (SSSR count). The van der Waals surface area contributed by atoms with Crippen LogP contribution in [0.1, 0.15) is 46.0 Å². The summed E-state index contributed by atoms with van der Waals surface area (Å²) in [5.74, 6) is 2.85. The fourth-order valence-corrected chi connectivity index (χ4v) is 4.46. The van der Waals surface area contributed by atoms with Crippen LogP contribution in [0.2, 0.25) is 0 Å². The highest BCUT2D eigenvalue weighted by Gasteiger charge is 2.24. The van der Waals surface area contributed by atoms with Gasteiger partial charge in [0.2, 0.25) is 0 Å². The zero-order valence-electron chi connectivity index (χ0n) is 16.0. The van der Waals surface area contributed by atoms with Crippen LogP contribution in [0.15, 0.2) is 42.5 Å². The summed E-state index contributed by atoms with van der Waals surface area (Å²) in [4.78, 5) is 1.83. The SMILES string of the molecule is C[C@H]1C[C@H](C)C[NH+](CCCCCCOc2cccc3ccccc23)C1. The van der Waals surface area contributed by atoms with E-state index >= 15 is 0 Å². The molecule has 0 amide bonds. The van der Waals surface area contributed by atoms with Crippen molar-refractivity contribution in [2.75, 3.05) is 26.2 Å². The molecule has 0 unspecified atom stereocenters. The van der Waals surface area contributed by atoms with Gasteiger partial charge in [0.1, 0.15) is 5.75 Å². The molecular formula is C23H34NO+. The highest BCUT2D eigenvalue weighted by molar-refractivity contribution is 5.88. The lowest BCUT2D eigenvalue weighted by molar-refractivity contribution is -0.912. The normalized spacial score (nSPS) is 23.7. The summed E-state index contributed by atoms with van der Waals surface area (Å²) in [6.07, 6.45) is 6.57. The first-order chi connectivity index (χ1) is 12.2. The standard InChI is InChI=1S/C23H33NO/c1-19-16-20(2)18-24(17-19)14-7-3-4-8-15-25-23-13-9-11-21-10-5-6-12-22(21)23/h5-6,9-13,19-20H,3-4,7-8,14-18H2,1-2H3/p+1/t19-,20-/m0/s1. The molecular weight excluding hydrogens is 306 g/mol. The minimum Gasteiger partial charge on any atom is -0.493 e. The van der Waals surface area contributed by atoms with E-state index in [0.29, 0.717) is 0 Å². The molecule has 1 aliphatic rings. The average molecular weight is 341 g/mol. The highest BCUT2D eigenvalue weighted by Crippen LogP contribution is 2.25. The summed E-state index contributed by atoms with van der Waals surface area (Å²) in [6.45, 7) is 9.79. The van der Waals surface area contributed by atoms with Crippen LogP contribution in [0.25, 0.3) is 10.8 Å². The zero-order chi connectivity index (χ0) is 17.5. The Morgan fingerprint density at radius 1 is 0.880 bits per heavy atom. The number of quaternary nitrogens is 1. The maximum atomic E-state index is 6.04. The van der Waals surface area contributed by atoms with Crippen molar-refractivity contribution in [3.05, 3.63) is 42.5 Å². The maximum Gasteiger partial charge on any atom is 0.127 e. The minimum atomic E-state index is 0.832.